The summed E-state index contributed by atoms with van der Waals surface area (Å²) >= 11 is 0. The lowest BCUT2D eigenvalue weighted by Gasteiger charge is -2.15. The number of hydrogen-bond donors (Lipinski definition) is 2. The van der Waals surface area contributed by atoms with Crippen molar-refractivity contribution in [3.63, 3.8) is 0 Å². The minimum Gasteiger partial charge on any atom is -0.394 e. The van der Waals surface area contributed by atoms with Gasteiger partial charge in [-0.2, -0.15) is 13.8 Å². The number of anilines is 1. The van der Waals surface area contributed by atoms with Gasteiger partial charge in [0.2, 0.25) is 11.8 Å². The van der Waals surface area contributed by atoms with Crippen molar-refractivity contribution in [2.45, 2.75) is 25.2 Å². The van der Waals surface area contributed by atoms with E-state index in [4.69, 9.17) is 15.6 Å². The number of aliphatic hydroxyl groups is 1. The lowest BCUT2D eigenvalue weighted by Crippen LogP contribution is -2.32. The van der Waals surface area contributed by atoms with Gasteiger partial charge in [0, 0.05) is 0 Å². The lowest BCUT2D eigenvalue weighted by molar-refractivity contribution is -0.0305. The van der Waals surface area contributed by atoms with E-state index in [9.17, 15) is 13.6 Å². The van der Waals surface area contributed by atoms with Crippen LogP contribution in [0.4, 0.5) is 14.6 Å². The van der Waals surface area contributed by atoms with Crippen LogP contribution in [0.3, 0.4) is 0 Å². The molecule has 0 saturated carbocycles. The summed E-state index contributed by atoms with van der Waals surface area (Å²) in [4.78, 5) is 14.6. The summed E-state index contributed by atoms with van der Waals surface area (Å²) in [6, 6.07) is 0. The highest BCUT2D eigenvalue weighted by Crippen LogP contribution is 2.28. The van der Waals surface area contributed by atoms with Gasteiger partial charge >= 0.3 is 5.69 Å². The van der Waals surface area contributed by atoms with E-state index >= 15 is 0 Å². The number of nitrogen functional groups attached to an aromatic ring is 1. The molecule has 0 unspecified atom stereocenters. The number of aliphatic hydroxyl groups excluding tert-OH is 1. The Morgan fingerprint density at radius 2 is 2.24 bits per heavy atom. The Bertz CT molecular complexity index is 491. The molecule has 1 saturated heterocycles. The van der Waals surface area contributed by atoms with Gasteiger partial charge in [-0.15, -0.1) is 0 Å². The number of ether oxygens (including phenoxy) is 1. The maximum absolute atomic E-state index is 13.5. The zero-order chi connectivity index (χ0) is 12.6. The SMILES string of the molecule is Nc1nc(=O)n([C@H]2CC[C@@H](CO)O2)c(F)c1F. The van der Waals surface area contributed by atoms with Crippen molar-refractivity contribution in [1.82, 2.24) is 9.55 Å². The van der Waals surface area contributed by atoms with Gasteiger partial charge in [-0.05, 0) is 12.8 Å². The third kappa shape index (κ3) is 2.01. The van der Waals surface area contributed by atoms with E-state index in [0.29, 0.717) is 17.4 Å². The fraction of sp³-hybridized carbons (Fsp3) is 0.556. The predicted molar refractivity (Wildman–Crippen MR) is 53.1 cm³/mol. The summed E-state index contributed by atoms with van der Waals surface area (Å²) in [6.45, 7) is -0.238. The largest absolute Gasteiger partial charge is 0.394 e. The Morgan fingerprint density at radius 3 is 2.82 bits per heavy atom. The van der Waals surface area contributed by atoms with Gasteiger partial charge in [-0.1, -0.05) is 0 Å². The normalized spacial score (nSPS) is 24.2. The van der Waals surface area contributed by atoms with Crippen molar-refractivity contribution < 1.29 is 18.6 Å². The molecule has 2 atom stereocenters. The maximum atomic E-state index is 13.5. The zero-order valence-electron chi connectivity index (χ0n) is 8.77. The van der Waals surface area contributed by atoms with E-state index in [1.807, 2.05) is 0 Å². The summed E-state index contributed by atoms with van der Waals surface area (Å²) in [5, 5.41) is 8.85. The van der Waals surface area contributed by atoms with Gasteiger partial charge in [0.05, 0.1) is 12.7 Å². The van der Waals surface area contributed by atoms with Crippen molar-refractivity contribution in [3.8, 4) is 0 Å². The molecule has 0 bridgehead atoms. The topological polar surface area (TPSA) is 90.4 Å². The van der Waals surface area contributed by atoms with Crippen LogP contribution < -0.4 is 11.4 Å². The van der Waals surface area contributed by atoms with Crippen molar-refractivity contribution in [1.29, 1.82) is 0 Å². The van der Waals surface area contributed by atoms with Crippen LogP contribution in [0.5, 0.6) is 0 Å². The van der Waals surface area contributed by atoms with Crippen LogP contribution in [-0.4, -0.2) is 27.4 Å². The average Bonchev–Trinajstić information content (AvgIpc) is 2.74. The van der Waals surface area contributed by atoms with Crippen molar-refractivity contribution in [2.75, 3.05) is 12.3 Å². The standard InChI is InChI=1S/C9H11F2N3O3/c10-6-7(11)14(9(16)13-8(6)12)5-2-1-4(3-15)17-5/h4-5,15H,1-3H2,(H2,12,13,16)/t4-,5+/m0/s1. The van der Waals surface area contributed by atoms with Crippen LogP contribution >= 0.6 is 0 Å². The Labute approximate surface area is 94.6 Å². The van der Waals surface area contributed by atoms with E-state index in [2.05, 4.69) is 4.98 Å². The molecule has 94 valence electrons. The van der Waals surface area contributed by atoms with Crippen LogP contribution in [0.2, 0.25) is 0 Å². The van der Waals surface area contributed by atoms with E-state index in [-0.39, 0.29) is 6.61 Å². The Hall–Kier alpha value is -1.54. The van der Waals surface area contributed by atoms with E-state index in [1.165, 1.54) is 0 Å². The second-order valence-corrected chi connectivity index (χ2v) is 3.73. The molecule has 1 fully saturated rings. The second kappa shape index (κ2) is 4.38. The number of hydrogen-bond acceptors (Lipinski definition) is 5. The zero-order valence-corrected chi connectivity index (χ0v) is 8.77. The minimum absolute atomic E-state index is 0.238. The third-order valence-electron chi connectivity index (χ3n) is 2.62. The van der Waals surface area contributed by atoms with Crippen molar-refractivity contribution >= 4 is 5.82 Å². The molecule has 17 heavy (non-hydrogen) atoms. The van der Waals surface area contributed by atoms with Gasteiger partial charge in [-0.3, -0.25) is 0 Å². The Balaban J connectivity index is 2.40. The molecule has 0 aliphatic carbocycles. The van der Waals surface area contributed by atoms with Crippen LogP contribution in [0.25, 0.3) is 0 Å². The molecule has 2 rings (SSSR count). The highest BCUT2D eigenvalue weighted by molar-refractivity contribution is 5.27. The molecular weight excluding hydrogens is 236 g/mol. The number of halogens is 2. The van der Waals surface area contributed by atoms with Crippen molar-refractivity contribution in [3.05, 3.63) is 22.2 Å². The number of aromatic nitrogens is 2. The monoisotopic (exact) mass is 247 g/mol. The van der Waals surface area contributed by atoms with E-state index < -0.39 is 35.6 Å². The van der Waals surface area contributed by atoms with E-state index in [1.54, 1.807) is 0 Å². The molecule has 1 aromatic heterocycles. The van der Waals surface area contributed by atoms with Gasteiger partial charge in [-0.25, -0.2) is 9.36 Å². The van der Waals surface area contributed by atoms with Gasteiger partial charge < -0.3 is 15.6 Å². The number of nitrogens with zero attached hydrogens (tertiary/aromatic N) is 2. The van der Waals surface area contributed by atoms with Crippen LogP contribution in [0.15, 0.2) is 4.79 Å². The first-order chi connectivity index (χ1) is 8.04. The fourth-order valence-corrected chi connectivity index (χ4v) is 1.76. The molecule has 3 N–H and O–H groups in total. The number of rotatable bonds is 2. The molecular formula is C9H11F2N3O3. The summed E-state index contributed by atoms with van der Waals surface area (Å²) in [5.74, 6) is -3.55. The minimum atomic E-state index is -1.40. The number of nitrogens with two attached hydrogens (primary N) is 1. The molecule has 1 aliphatic rings. The molecule has 2 heterocycles. The Morgan fingerprint density at radius 1 is 1.53 bits per heavy atom. The molecule has 0 radical (unpaired) electrons. The first kappa shape index (κ1) is 11.9. The second-order valence-electron chi connectivity index (χ2n) is 3.73. The van der Waals surface area contributed by atoms with Gasteiger partial charge in [0.1, 0.15) is 6.23 Å². The summed E-state index contributed by atoms with van der Waals surface area (Å²) in [5.41, 5.74) is 4.01. The highest BCUT2D eigenvalue weighted by Gasteiger charge is 2.30. The quantitative estimate of drug-likeness (QED) is 0.705. The third-order valence-corrected chi connectivity index (χ3v) is 2.62. The summed E-state index contributed by atoms with van der Waals surface area (Å²) in [6.07, 6.45) is -0.680. The first-order valence-electron chi connectivity index (χ1n) is 5.04. The van der Waals surface area contributed by atoms with Gasteiger partial charge in [0.25, 0.3) is 0 Å². The smallest absolute Gasteiger partial charge is 0.354 e. The van der Waals surface area contributed by atoms with Gasteiger partial charge in [0.15, 0.2) is 5.82 Å². The highest BCUT2D eigenvalue weighted by atomic mass is 19.2. The molecule has 0 aromatic carbocycles. The molecule has 8 heteroatoms. The maximum Gasteiger partial charge on any atom is 0.354 e. The molecule has 1 aromatic rings. The molecule has 6 nitrogen and oxygen atoms in total. The average molecular weight is 247 g/mol. The first-order valence-corrected chi connectivity index (χ1v) is 5.04. The fourth-order valence-electron chi connectivity index (χ4n) is 1.76. The van der Waals surface area contributed by atoms with Crippen molar-refractivity contribution in [2.24, 2.45) is 0 Å². The molecule has 0 amide bonds. The summed E-state index contributed by atoms with van der Waals surface area (Å²) < 4.78 is 32.4. The van der Waals surface area contributed by atoms with E-state index in [0.717, 1.165) is 0 Å². The van der Waals surface area contributed by atoms with Crippen LogP contribution in [0, 0.1) is 11.8 Å². The predicted octanol–water partition coefficient (Wildman–Crippen LogP) is -0.226. The molecule has 0 spiro atoms. The molecule has 1 aliphatic heterocycles. The van der Waals surface area contributed by atoms with Crippen LogP contribution in [0.1, 0.15) is 19.1 Å². The Kier molecular flexibility index (Phi) is 3.07. The summed E-state index contributed by atoms with van der Waals surface area (Å²) in [7, 11) is 0. The lowest BCUT2D eigenvalue weighted by atomic mass is 10.2. The van der Waals surface area contributed by atoms with Crippen LogP contribution in [-0.2, 0) is 4.74 Å².